The van der Waals surface area contributed by atoms with E-state index in [9.17, 15) is 18.3 Å². The fourth-order valence-electron chi connectivity index (χ4n) is 3.50. The van der Waals surface area contributed by atoms with E-state index in [-0.39, 0.29) is 17.4 Å². The van der Waals surface area contributed by atoms with Crippen molar-refractivity contribution in [1.29, 1.82) is 0 Å². The van der Waals surface area contributed by atoms with Crippen LogP contribution >= 0.6 is 33.2 Å². The second-order valence-electron chi connectivity index (χ2n) is 5.18. The van der Waals surface area contributed by atoms with Gasteiger partial charge in [-0.2, -0.15) is 0 Å². The van der Waals surface area contributed by atoms with Crippen molar-refractivity contribution in [3.8, 4) is 0 Å². The van der Waals surface area contributed by atoms with Gasteiger partial charge in [0.1, 0.15) is 0 Å². The molecule has 5 unspecified atom stereocenters. The van der Waals surface area contributed by atoms with Crippen molar-refractivity contribution in [2.75, 3.05) is 0 Å². The summed E-state index contributed by atoms with van der Waals surface area (Å²) in [5.41, 5.74) is -0.215. The molecule has 0 spiro atoms. The zero-order valence-electron chi connectivity index (χ0n) is 8.80. The molecule has 0 amide bonds. The Hall–Kier alpha value is 0.837. The van der Waals surface area contributed by atoms with E-state index in [1.165, 1.54) is 0 Å². The monoisotopic (exact) mass is 327 g/mol. The zero-order chi connectivity index (χ0) is 13.0. The molecule has 0 radical (unpaired) electrons. The van der Waals surface area contributed by atoms with Crippen molar-refractivity contribution in [3.05, 3.63) is 0 Å². The number of alkyl halides is 3. The normalized spacial score (nSPS) is 40.6. The van der Waals surface area contributed by atoms with Crippen molar-refractivity contribution in [3.63, 3.8) is 0 Å². The Kier molecular flexibility index (Phi) is 3.72. The van der Waals surface area contributed by atoms with E-state index < -0.39 is 24.2 Å². The topological polar surface area (TPSA) is 20.2 Å². The van der Waals surface area contributed by atoms with Crippen molar-refractivity contribution in [1.82, 2.24) is 0 Å². The number of halogens is 6. The molecule has 2 fully saturated rings. The molecule has 0 aromatic heterocycles. The first-order valence-electron chi connectivity index (χ1n) is 5.55. The number of fused-ring (bicyclic) bond motifs is 2. The van der Waals surface area contributed by atoms with Crippen LogP contribution in [0.4, 0.5) is 13.2 Å². The van der Waals surface area contributed by atoms with E-state index in [0.717, 1.165) is 0 Å². The summed E-state index contributed by atoms with van der Waals surface area (Å²) < 4.78 is 37.5. The molecule has 0 aromatic carbocycles. The fourth-order valence-corrected chi connectivity index (χ4v) is 7.80. The molecule has 0 saturated heterocycles. The van der Waals surface area contributed by atoms with E-state index in [0.29, 0.717) is 19.3 Å². The molecule has 1 N–H and O–H groups in total. The first-order chi connectivity index (χ1) is 7.60. The third kappa shape index (κ3) is 2.73. The molecular weight excluding hydrogens is 316 g/mol. The van der Waals surface area contributed by atoms with Gasteiger partial charge < -0.3 is 0 Å². The number of aliphatic hydroxyl groups excluding tert-OH is 1. The van der Waals surface area contributed by atoms with E-state index >= 15 is 0 Å². The summed E-state index contributed by atoms with van der Waals surface area (Å²) in [6, 6.07) is -3.28. The second-order valence-corrected chi connectivity index (χ2v) is 15.5. The van der Waals surface area contributed by atoms with Crippen LogP contribution in [0.25, 0.3) is 0 Å². The summed E-state index contributed by atoms with van der Waals surface area (Å²) in [6.45, 7) is 0. The van der Waals surface area contributed by atoms with Crippen molar-refractivity contribution in [2.45, 2.75) is 37.1 Å². The van der Waals surface area contributed by atoms with Gasteiger partial charge >= 0.3 is 112 Å². The average molecular weight is 329 g/mol. The molecule has 2 rings (SSSR count). The van der Waals surface area contributed by atoms with Crippen LogP contribution in [-0.4, -0.2) is 23.4 Å². The molecule has 2 saturated carbocycles. The van der Waals surface area contributed by atoms with Crippen LogP contribution in [0.5, 0.6) is 0 Å². The van der Waals surface area contributed by atoms with Crippen LogP contribution in [0, 0.1) is 17.8 Å². The quantitative estimate of drug-likeness (QED) is 0.605. The predicted molar refractivity (Wildman–Crippen MR) is 64.8 cm³/mol. The Morgan fingerprint density at radius 1 is 1.12 bits per heavy atom. The molecule has 0 heterocycles. The summed E-state index contributed by atoms with van der Waals surface area (Å²) in [6.07, 6.45) is -5.06. The SMILES string of the molecule is OC(C1CC2CC1C([SiH-](Cl)(Cl)Cl)C2)C(F)(F)F. The molecule has 8 heteroatoms. The Balaban J connectivity index is 2.13. The standard InChI is InChI=1S/C9H13Cl3F3OSi/c10-17(11,12)7-3-4-1-5(7)6(2-4)8(16)9(13,14)15/h4-8,16-17H,1-3H2/q-1. The molecule has 0 aliphatic heterocycles. The minimum absolute atomic E-state index is 0.183. The van der Waals surface area contributed by atoms with Gasteiger partial charge in [0.05, 0.1) is 0 Å². The van der Waals surface area contributed by atoms with Gasteiger partial charge in [-0.3, -0.25) is 0 Å². The summed E-state index contributed by atoms with van der Waals surface area (Å²) >= 11 is 17.9. The molecule has 102 valence electrons. The maximum absolute atomic E-state index is 12.5. The Morgan fingerprint density at radius 3 is 2.12 bits per heavy atom. The third-order valence-corrected chi connectivity index (χ3v) is 8.79. The van der Waals surface area contributed by atoms with Gasteiger partial charge in [0, 0.05) is 0 Å². The molecule has 5 atom stereocenters. The first kappa shape index (κ1) is 14.3. The van der Waals surface area contributed by atoms with Gasteiger partial charge in [0.15, 0.2) is 0 Å². The van der Waals surface area contributed by atoms with Crippen LogP contribution in [0.1, 0.15) is 19.3 Å². The van der Waals surface area contributed by atoms with E-state index in [4.69, 9.17) is 33.2 Å². The molecular formula is C9H13Cl3F3OSi-. The van der Waals surface area contributed by atoms with E-state index in [1.807, 2.05) is 0 Å². The van der Waals surface area contributed by atoms with Crippen LogP contribution in [0.15, 0.2) is 0 Å². The Labute approximate surface area is 112 Å². The van der Waals surface area contributed by atoms with Gasteiger partial charge in [-0.15, -0.1) is 0 Å². The van der Waals surface area contributed by atoms with Crippen LogP contribution in [0.3, 0.4) is 0 Å². The number of hydrogen-bond donors (Lipinski definition) is 1. The zero-order valence-corrected chi connectivity index (χ0v) is 12.2. The van der Waals surface area contributed by atoms with E-state index in [1.54, 1.807) is 0 Å². The number of rotatable bonds is 2. The van der Waals surface area contributed by atoms with E-state index in [2.05, 4.69) is 0 Å². The number of hydrogen-bond acceptors (Lipinski definition) is 1. The van der Waals surface area contributed by atoms with Gasteiger partial charge in [-0.05, 0) is 0 Å². The fraction of sp³-hybridized carbons (Fsp3) is 1.00. The van der Waals surface area contributed by atoms with Gasteiger partial charge in [0.25, 0.3) is 0 Å². The van der Waals surface area contributed by atoms with Gasteiger partial charge in [0.2, 0.25) is 0 Å². The molecule has 0 aromatic rings. The van der Waals surface area contributed by atoms with Crippen LogP contribution < -0.4 is 0 Å². The van der Waals surface area contributed by atoms with Gasteiger partial charge in [-0.1, -0.05) is 0 Å². The third-order valence-electron chi connectivity index (χ3n) is 4.14. The molecule has 2 aliphatic rings. The summed E-state index contributed by atoms with van der Waals surface area (Å²) in [5.74, 6) is -0.869. The van der Waals surface area contributed by atoms with Crippen LogP contribution in [-0.2, 0) is 0 Å². The summed E-state index contributed by atoms with van der Waals surface area (Å²) in [7, 11) is 0. The van der Waals surface area contributed by atoms with Crippen molar-refractivity contribution >= 4 is 39.2 Å². The second kappa shape index (κ2) is 4.44. The van der Waals surface area contributed by atoms with Crippen molar-refractivity contribution < 1.29 is 18.3 Å². The molecule has 1 nitrogen and oxygen atoms in total. The van der Waals surface area contributed by atoms with Crippen molar-refractivity contribution in [2.24, 2.45) is 17.8 Å². The molecule has 2 aliphatic carbocycles. The summed E-state index contributed by atoms with van der Waals surface area (Å²) in [5, 5.41) is 9.36. The first-order valence-corrected chi connectivity index (χ1v) is 11.5. The van der Waals surface area contributed by atoms with Crippen LogP contribution in [0.2, 0.25) is 5.54 Å². The predicted octanol–water partition coefficient (Wildman–Crippen LogP) is 3.71. The molecule has 17 heavy (non-hydrogen) atoms. The average Bonchev–Trinajstić information content (AvgIpc) is 2.71. The van der Waals surface area contributed by atoms with Gasteiger partial charge in [-0.25, -0.2) is 0 Å². The summed E-state index contributed by atoms with van der Waals surface area (Å²) in [4.78, 5) is 0. The molecule has 2 bridgehead atoms. The number of aliphatic hydroxyl groups is 1. The Morgan fingerprint density at radius 2 is 1.71 bits per heavy atom. The maximum atomic E-state index is 12.5. The Bertz CT molecular complexity index is 307. The minimum atomic E-state index is -4.57.